The summed E-state index contributed by atoms with van der Waals surface area (Å²) in [6.07, 6.45) is 3.34. The Balaban J connectivity index is 2.02. The van der Waals surface area contributed by atoms with E-state index in [0.717, 1.165) is 42.7 Å². The molecule has 0 bridgehead atoms. The van der Waals surface area contributed by atoms with Gasteiger partial charge >= 0.3 is 5.97 Å². The number of carbonyl (C=O) groups is 1. The number of unbranched alkanes of at least 4 members (excludes halogenated alkanes) is 2. The average Bonchev–Trinajstić information content (AvgIpc) is 2.72. The van der Waals surface area contributed by atoms with Gasteiger partial charge in [0.05, 0.1) is 30.2 Å². The Morgan fingerprint density at radius 2 is 1.91 bits per heavy atom. The van der Waals surface area contributed by atoms with Crippen LogP contribution in [-0.2, 0) is 23.1 Å². The summed E-state index contributed by atoms with van der Waals surface area (Å²) in [5.41, 5.74) is 2.16. The maximum Gasteiger partial charge on any atom is 0.305 e. The molecule has 23 heavy (non-hydrogen) atoms. The number of hydrogen-bond acceptors (Lipinski definition) is 2. The third-order valence-corrected chi connectivity index (χ3v) is 4.84. The van der Waals surface area contributed by atoms with E-state index in [4.69, 9.17) is 27.9 Å². The van der Waals surface area contributed by atoms with Gasteiger partial charge < -0.3 is 4.74 Å². The molecule has 6 heteroatoms. The lowest BCUT2D eigenvalue weighted by Gasteiger charge is -2.03. The minimum absolute atomic E-state index is 0.108. The molecule has 0 aliphatic rings. The van der Waals surface area contributed by atoms with E-state index in [1.54, 1.807) is 0 Å². The van der Waals surface area contributed by atoms with E-state index in [0.29, 0.717) is 23.1 Å². The highest BCUT2D eigenvalue weighted by molar-refractivity contribution is 6.42. The summed E-state index contributed by atoms with van der Waals surface area (Å²) in [6, 6.07) is 3.83. The predicted molar refractivity (Wildman–Crippen MR) is 93.0 cm³/mol. The van der Waals surface area contributed by atoms with Crippen LogP contribution < -0.4 is 4.57 Å². The van der Waals surface area contributed by atoms with E-state index >= 15 is 0 Å². The second kappa shape index (κ2) is 8.02. The minimum Gasteiger partial charge on any atom is -0.466 e. The second-order valence-corrected chi connectivity index (χ2v) is 6.44. The smallest absolute Gasteiger partial charge is 0.305 e. The van der Waals surface area contributed by atoms with Gasteiger partial charge in [0, 0.05) is 25.5 Å². The highest BCUT2D eigenvalue weighted by atomic mass is 35.5. The van der Waals surface area contributed by atoms with Crippen molar-refractivity contribution in [3.05, 3.63) is 28.0 Å². The van der Waals surface area contributed by atoms with Crippen LogP contribution in [0.1, 0.15) is 38.4 Å². The number of imidazole rings is 1. The van der Waals surface area contributed by atoms with Crippen molar-refractivity contribution in [3.63, 3.8) is 0 Å². The van der Waals surface area contributed by atoms with Gasteiger partial charge in [-0.2, -0.15) is 0 Å². The summed E-state index contributed by atoms with van der Waals surface area (Å²) in [7, 11) is 2.03. The zero-order chi connectivity index (χ0) is 17.0. The molecule has 0 N–H and O–H groups in total. The third-order valence-electron chi connectivity index (χ3n) is 4.11. The van der Waals surface area contributed by atoms with Gasteiger partial charge in [0.15, 0.2) is 11.0 Å². The number of carbonyl (C=O) groups excluding carboxylic acids is 1. The molecule has 126 valence electrons. The van der Waals surface area contributed by atoms with Crippen LogP contribution in [0.4, 0.5) is 0 Å². The zero-order valence-electron chi connectivity index (χ0n) is 13.9. The van der Waals surface area contributed by atoms with E-state index < -0.39 is 0 Å². The lowest BCUT2D eigenvalue weighted by Crippen LogP contribution is -2.30. The predicted octanol–water partition coefficient (Wildman–Crippen LogP) is 4.20. The van der Waals surface area contributed by atoms with Gasteiger partial charge in [0.2, 0.25) is 0 Å². The number of esters is 1. The average molecular weight is 358 g/mol. The van der Waals surface area contributed by atoms with Crippen LogP contribution in [0.15, 0.2) is 12.1 Å². The van der Waals surface area contributed by atoms with Crippen LogP contribution in [0.2, 0.25) is 10.0 Å². The molecule has 0 radical (unpaired) electrons. The number of benzene rings is 1. The van der Waals surface area contributed by atoms with Crippen LogP contribution in [0.25, 0.3) is 11.0 Å². The molecule has 0 unspecified atom stereocenters. The number of aromatic nitrogens is 2. The fourth-order valence-electron chi connectivity index (χ4n) is 2.77. The van der Waals surface area contributed by atoms with Crippen molar-refractivity contribution in [2.75, 3.05) is 6.61 Å². The van der Waals surface area contributed by atoms with Gasteiger partial charge in [0.25, 0.3) is 5.82 Å². The number of aryl methyl sites for hydroxylation is 2. The lowest BCUT2D eigenvalue weighted by molar-refractivity contribution is -0.652. The van der Waals surface area contributed by atoms with Crippen molar-refractivity contribution in [2.24, 2.45) is 7.05 Å². The standard InChI is InChI=1S/C17H23Cl2N2O2/c1-4-23-17(22)8-6-5-7-9-21-12(2)20(3)15-10-13(18)14(19)11-16(15)21/h10-11H,4-9H2,1-3H3/q+1. The Labute approximate surface area is 146 Å². The van der Waals surface area contributed by atoms with E-state index in [1.807, 2.05) is 26.1 Å². The molecule has 0 aliphatic carbocycles. The quantitative estimate of drug-likeness (QED) is 0.422. The van der Waals surface area contributed by atoms with Gasteiger partial charge in [-0.05, 0) is 26.2 Å². The number of nitrogens with zero attached hydrogens (tertiary/aromatic N) is 2. The largest absolute Gasteiger partial charge is 0.466 e. The number of hydrogen-bond donors (Lipinski definition) is 0. The Morgan fingerprint density at radius 3 is 2.61 bits per heavy atom. The summed E-state index contributed by atoms with van der Waals surface area (Å²) in [5, 5.41) is 1.14. The molecule has 1 heterocycles. The van der Waals surface area contributed by atoms with Crippen molar-refractivity contribution in [2.45, 2.75) is 46.1 Å². The van der Waals surface area contributed by atoms with Gasteiger partial charge in [0.1, 0.15) is 0 Å². The normalized spacial score (nSPS) is 11.2. The Morgan fingerprint density at radius 1 is 1.22 bits per heavy atom. The lowest BCUT2D eigenvalue weighted by atomic mass is 10.2. The number of fused-ring (bicyclic) bond motifs is 1. The molecule has 0 saturated heterocycles. The van der Waals surface area contributed by atoms with Crippen LogP contribution >= 0.6 is 23.2 Å². The van der Waals surface area contributed by atoms with E-state index in [-0.39, 0.29) is 5.97 Å². The second-order valence-electron chi connectivity index (χ2n) is 5.63. The Bertz CT molecular complexity index is 710. The molecular formula is C17H23Cl2N2O2+. The Hall–Kier alpha value is -1.26. The molecule has 0 fully saturated rings. The van der Waals surface area contributed by atoms with Crippen LogP contribution in [0.3, 0.4) is 0 Å². The van der Waals surface area contributed by atoms with Crippen LogP contribution in [0.5, 0.6) is 0 Å². The molecule has 0 atom stereocenters. The highest BCUT2D eigenvalue weighted by Gasteiger charge is 2.20. The maximum atomic E-state index is 11.3. The third kappa shape index (κ3) is 4.18. The molecular weight excluding hydrogens is 335 g/mol. The molecule has 0 saturated carbocycles. The number of rotatable bonds is 7. The van der Waals surface area contributed by atoms with Crippen molar-refractivity contribution in [1.82, 2.24) is 4.57 Å². The van der Waals surface area contributed by atoms with Crippen LogP contribution in [-0.4, -0.2) is 17.1 Å². The van der Waals surface area contributed by atoms with Crippen LogP contribution in [0, 0.1) is 6.92 Å². The molecule has 2 rings (SSSR count). The van der Waals surface area contributed by atoms with Gasteiger partial charge in [-0.1, -0.05) is 23.2 Å². The van der Waals surface area contributed by atoms with E-state index in [9.17, 15) is 4.79 Å². The van der Waals surface area contributed by atoms with Crippen molar-refractivity contribution in [3.8, 4) is 0 Å². The molecule has 0 amide bonds. The molecule has 2 aromatic rings. The number of ether oxygens (including phenoxy) is 1. The zero-order valence-corrected chi connectivity index (χ0v) is 15.4. The Kier molecular flexibility index (Phi) is 6.31. The fraction of sp³-hybridized carbons (Fsp3) is 0.529. The molecule has 0 aliphatic heterocycles. The summed E-state index contributed by atoms with van der Waals surface area (Å²) >= 11 is 12.3. The topological polar surface area (TPSA) is 35.1 Å². The van der Waals surface area contributed by atoms with E-state index in [2.05, 4.69) is 16.1 Å². The van der Waals surface area contributed by atoms with E-state index in [1.165, 1.54) is 0 Å². The summed E-state index contributed by atoms with van der Waals surface area (Å²) in [4.78, 5) is 11.3. The fourth-order valence-corrected chi connectivity index (χ4v) is 3.09. The first-order valence-electron chi connectivity index (χ1n) is 7.95. The number of halogens is 2. The monoisotopic (exact) mass is 357 g/mol. The molecule has 4 nitrogen and oxygen atoms in total. The van der Waals surface area contributed by atoms with Crippen molar-refractivity contribution in [1.29, 1.82) is 0 Å². The van der Waals surface area contributed by atoms with Crippen molar-refractivity contribution >= 4 is 40.2 Å². The first-order valence-corrected chi connectivity index (χ1v) is 8.70. The highest BCUT2D eigenvalue weighted by Crippen LogP contribution is 2.27. The summed E-state index contributed by atoms with van der Waals surface area (Å²) in [5.74, 6) is 1.05. The van der Waals surface area contributed by atoms with Crippen molar-refractivity contribution < 1.29 is 14.1 Å². The molecule has 1 aromatic carbocycles. The first kappa shape index (κ1) is 18.1. The SMILES string of the molecule is CCOC(=O)CCCCCn1c(C)[n+](C)c2cc(Cl)c(Cl)cc21. The van der Waals surface area contributed by atoms with Gasteiger partial charge in [-0.15, -0.1) is 0 Å². The first-order chi connectivity index (χ1) is 11.0. The van der Waals surface area contributed by atoms with Gasteiger partial charge in [-0.3, -0.25) is 4.79 Å². The maximum absolute atomic E-state index is 11.3. The summed E-state index contributed by atoms with van der Waals surface area (Å²) < 4.78 is 9.31. The molecule has 0 spiro atoms. The summed E-state index contributed by atoms with van der Waals surface area (Å²) in [6.45, 7) is 5.26. The molecule has 1 aromatic heterocycles. The minimum atomic E-state index is -0.108. The van der Waals surface area contributed by atoms with Gasteiger partial charge in [-0.25, -0.2) is 9.13 Å².